The Hall–Kier alpha value is -5.20. The fourth-order valence-electron chi connectivity index (χ4n) is 6.36. The van der Waals surface area contributed by atoms with Crippen molar-refractivity contribution in [3.63, 3.8) is 0 Å². The highest BCUT2D eigenvalue weighted by molar-refractivity contribution is 7.93. The Balaban J connectivity index is 1.91. The third-order valence-corrected chi connectivity index (χ3v) is 11.6. The molecule has 4 aromatic carbocycles. The molecule has 0 radical (unpaired) electrons. The van der Waals surface area contributed by atoms with Crippen LogP contribution in [0.25, 0.3) is 0 Å². The van der Waals surface area contributed by atoms with Crippen molar-refractivity contribution >= 4 is 34.8 Å². The minimum Gasteiger partial charge on any atom is -0.496 e. The van der Waals surface area contributed by atoms with Crippen LogP contribution in [-0.2, 0) is 9.36 Å². The van der Waals surface area contributed by atoms with Gasteiger partial charge in [0.15, 0.2) is 0 Å². The van der Waals surface area contributed by atoms with E-state index >= 15 is 9.36 Å². The normalized spacial score (nSPS) is 14.8. The molecule has 0 saturated carbocycles. The number of carbonyl (C=O) groups is 3. The van der Waals surface area contributed by atoms with Crippen LogP contribution in [0.15, 0.2) is 108 Å². The van der Waals surface area contributed by atoms with E-state index in [2.05, 4.69) is 13.8 Å². The molecule has 5 rings (SSSR count). The topological polar surface area (TPSA) is 105 Å². The van der Waals surface area contributed by atoms with Crippen LogP contribution in [0.2, 0.25) is 0 Å². The third-order valence-electron chi connectivity index (χ3n) is 8.68. The lowest BCUT2D eigenvalue weighted by Gasteiger charge is -2.29. The van der Waals surface area contributed by atoms with E-state index in [1.807, 2.05) is 13.0 Å². The molecule has 1 atom stereocenters. The number of methoxy groups -OCH3 is 4. The third kappa shape index (κ3) is 6.36. The van der Waals surface area contributed by atoms with Crippen molar-refractivity contribution in [2.75, 3.05) is 28.4 Å². The summed E-state index contributed by atoms with van der Waals surface area (Å²) in [6, 6.07) is 22.6. The standard InChI is InChI=1S/C40H39O8P/c1-25-24-40(2,3)23-22-27(25)39(43)49(44,26-14-9-8-10-15-26)33-21-11-16-28(37(41)35-29(45-4)17-12-18-30(35)46-5)34(33)38(42)36-31(47-6)19-13-20-32(36)48-7/h8-23H,24H2,1-7H3. The molecular formula is C40H39O8P. The van der Waals surface area contributed by atoms with Gasteiger partial charge in [0.25, 0.3) is 0 Å². The largest absolute Gasteiger partial charge is 0.496 e. The second-order valence-corrected chi connectivity index (χ2v) is 15.0. The molecule has 0 aromatic heterocycles. The minimum atomic E-state index is -4.38. The Bertz CT molecular complexity index is 2010. The van der Waals surface area contributed by atoms with Crippen LogP contribution >= 0.6 is 7.14 Å². The van der Waals surface area contributed by atoms with E-state index in [1.165, 1.54) is 46.6 Å². The van der Waals surface area contributed by atoms with Crippen molar-refractivity contribution in [3.8, 4) is 23.0 Å². The molecule has 0 spiro atoms. The Morgan fingerprint density at radius 1 is 0.633 bits per heavy atom. The smallest absolute Gasteiger partial charge is 0.230 e. The maximum Gasteiger partial charge on any atom is 0.230 e. The molecule has 252 valence electrons. The molecule has 8 nitrogen and oxygen atoms in total. The number of hydrogen-bond donors (Lipinski definition) is 0. The molecule has 0 amide bonds. The van der Waals surface area contributed by atoms with Gasteiger partial charge in [0.1, 0.15) is 34.1 Å². The molecule has 9 heteroatoms. The van der Waals surface area contributed by atoms with Crippen LogP contribution < -0.4 is 29.6 Å². The first-order valence-corrected chi connectivity index (χ1v) is 17.4. The molecule has 0 bridgehead atoms. The fraction of sp³-hybridized carbons (Fsp3) is 0.225. The van der Waals surface area contributed by atoms with Gasteiger partial charge in [-0.15, -0.1) is 0 Å². The number of ketones is 2. The Labute approximate surface area is 286 Å². The molecule has 1 aliphatic carbocycles. The molecule has 0 aliphatic heterocycles. The Morgan fingerprint density at radius 2 is 1.12 bits per heavy atom. The van der Waals surface area contributed by atoms with Gasteiger partial charge in [-0.2, -0.15) is 0 Å². The monoisotopic (exact) mass is 678 g/mol. The van der Waals surface area contributed by atoms with Gasteiger partial charge in [-0.1, -0.05) is 86.2 Å². The van der Waals surface area contributed by atoms with Gasteiger partial charge in [0, 0.05) is 27.3 Å². The van der Waals surface area contributed by atoms with Crippen molar-refractivity contribution < 1.29 is 37.9 Å². The minimum absolute atomic E-state index is 0.00256. The number of carbonyl (C=O) groups excluding carboxylic acids is 3. The summed E-state index contributed by atoms with van der Waals surface area (Å²) in [5, 5.41) is 0.138. The highest BCUT2D eigenvalue weighted by atomic mass is 31.2. The van der Waals surface area contributed by atoms with Crippen LogP contribution in [0.5, 0.6) is 23.0 Å². The van der Waals surface area contributed by atoms with E-state index in [0.29, 0.717) is 12.0 Å². The van der Waals surface area contributed by atoms with Gasteiger partial charge in [0.2, 0.25) is 24.2 Å². The zero-order chi connectivity index (χ0) is 35.5. The Morgan fingerprint density at radius 3 is 1.61 bits per heavy atom. The lowest BCUT2D eigenvalue weighted by atomic mass is 9.80. The number of benzene rings is 4. The van der Waals surface area contributed by atoms with Crippen LogP contribution in [0.1, 0.15) is 59.0 Å². The van der Waals surface area contributed by atoms with Crippen molar-refractivity contribution in [2.45, 2.75) is 27.2 Å². The summed E-state index contributed by atoms with van der Waals surface area (Å²) in [6.45, 7) is 5.97. The molecule has 0 saturated heterocycles. The summed E-state index contributed by atoms with van der Waals surface area (Å²) < 4.78 is 38.3. The summed E-state index contributed by atoms with van der Waals surface area (Å²) in [5.41, 5.74) is -0.0160. The SMILES string of the molecule is COc1cccc(OC)c1C(=O)c1cccc(P(=O)(C(=O)C2=C(C)CC(C)(C)C=C2)c2ccccc2)c1C(=O)c1c(OC)cccc1OC. The summed E-state index contributed by atoms with van der Waals surface area (Å²) in [4.78, 5) is 44.7. The molecule has 0 fully saturated rings. The van der Waals surface area contributed by atoms with Crippen molar-refractivity contribution in [3.05, 3.63) is 130 Å². The average molecular weight is 679 g/mol. The predicted octanol–water partition coefficient (Wildman–Crippen LogP) is 7.33. The number of allylic oxidation sites excluding steroid dienone is 4. The summed E-state index contributed by atoms with van der Waals surface area (Å²) >= 11 is 0. The lowest BCUT2D eigenvalue weighted by molar-refractivity contribution is -0.108. The fourth-order valence-corrected chi connectivity index (χ4v) is 9.12. The summed E-state index contributed by atoms with van der Waals surface area (Å²) in [6.07, 6.45) is 4.23. The molecule has 0 N–H and O–H groups in total. The maximum atomic E-state index is 16.0. The van der Waals surface area contributed by atoms with E-state index in [9.17, 15) is 9.59 Å². The van der Waals surface area contributed by atoms with Gasteiger partial charge < -0.3 is 23.5 Å². The second-order valence-electron chi connectivity index (χ2n) is 12.4. The second kappa shape index (κ2) is 14.1. The number of hydrogen-bond acceptors (Lipinski definition) is 8. The zero-order valence-electron chi connectivity index (χ0n) is 28.7. The summed E-state index contributed by atoms with van der Waals surface area (Å²) in [5.74, 6) is -0.581. The van der Waals surface area contributed by atoms with Gasteiger partial charge >= 0.3 is 0 Å². The highest BCUT2D eigenvalue weighted by Crippen LogP contribution is 2.51. The predicted molar refractivity (Wildman–Crippen MR) is 191 cm³/mol. The van der Waals surface area contributed by atoms with E-state index in [4.69, 9.17) is 18.9 Å². The molecule has 0 heterocycles. The molecular weight excluding hydrogens is 639 g/mol. The van der Waals surface area contributed by atoms with Gasteiger partial charge in [-0.05, 0) is 49.1 Å². The van der Waals surface area contributed by atoms with Crippen molar-refractivity contribution in [1.82, 2.24) is 0 Å². The van der Waals surface area contributed by atoms with Gasteiger partial charge in [-0.3, -0.25) is 14.4 Å². The van der Waals surface area contributed by atoms with Crippen LogP contribution in [0.3, 0.4) is 0 Å². The first-order chi connectivity index (χ1) is 23.4. The van der Waals surface area contributed by atoms with E-state index in [0.717, 1.165) is 5.57 Å². The quantitative estimate of drug-likeness (QED) is 0.113. The molecule has 1 unspecified atom stereocenters. The first-order valence-electron chi connectivity index (χ1n) is 15.7. The first kappa shape index (κ1) is 35.1. The van der Waals surface area contributed by atoms with E-state index < -0.39 is 24.2 Å². The molecule has 4 aromatic rings. The molecule has 49 heavy (non-hydrogen) atoms. The maximum absolute atomic E-state index is 16.0. The van der Waals surface area contributed by atoms with Crippen molar-refractivity contribution in [2.24, 2.45) is 5.41 Å². The number of rotatable bonds is 12. The van der Waals surface area contributed by atoms with Crippen molar-refractivity contribution in [1.29, 1.82) is 0 Å². The van der Waals surface area contributed by atoms with Crippen LogP contribution in [-0.4, -0.2) is 45.5 Å². The number of ether oxygens (including phenoxy) is 4. The van der Waals surface area contributed by atoms with Crippen LogP contribution in [0.4, 0.5) is 0 Å². The lowest BCUT2D eigenvalue weighted by Crippen LogP contribution is -2.31. The van der Waals surface area contributed by atoms with Gasteiger partial charge in [-0.25, -0.2) is 0 Å². The van der Waals surface area contributed by atoms with Crippen LogP contribution in [0, 0.1) is 5.41 Å². The highest BCUT2D eigenvalue weighted by Gasteiger charge is 2.43. The molecule has 1 aliphatic rings. The Kier molecular flexibility index (Phi) is 10.1. The zero-order valence-corrected chi connectivity index (χ0v) is 29.6. The van der Waals surface area contributed by atoms with Gasteiger partial charge in [0.05, 0.1) is 28.4 Å². The van der Waals surface area contributed by atoms with E-state index in [-0.39, 0.29) is 61.3 Å². The average Bonchev–Trinajstić information content (AvgIpc) is 3.12. The summed E-state index contributed by atoms with van der Waals surface area (Å²) in [7, 11) is 1.28. The van der Waals surface area contributed by atoms with E-state index in [1.54, 1.807) is 72.8 Å².